The summed E-state index contributed by atoms with van der Waals surface area (Å²) in [5.41, 5.74) is 3.70. The molecule has 1 aliphatic heterocycles. The zero-order valence-corrected chi connectivity index (χ0v) is 22.8. The molecule has 3 amide bonds. The van der Waals surface area contributed by atoms with E-state index in [0.717, 1.165) is 36.3 Å². The van der Waals surface area contributed by atoms with E-state index in [9.17, 15) is 14.9 Å². The van der Waals surface area contributed by atoms with Crippen molar-refractivity contribution in [3.63, 3.8) is 0 Å². The minimum Gasteiger partial charge on any atom is -0.342 e. The van der Waals surface area contributed by atoms with Crippen molar-refractivity contribution < 1.29 is 9.59 Å². The summed E-state index contributed by atoms with van der Waals surface area (Å²) in [4.78, 5) is 31.0. The highest BCUT2D eigenvalue weighted by Crippen LogP contribution is 2.26. The van der Waals surface area contributed by atoms with Gasteiger partial charge in [0.1, 0.15) is 0 Å². The molecule has 38 heavy (non-hydrogen) atoms. The molecule has 0 spiro atoms. The molecule has 9 heteroatoms. The molecule has 1 N–H and O–H groups in total. The molecule has 0 radical (unpaired) electrons. The monoisotopic (exact) mass is 549 g/mol. The Labute approximate surface area is 233 Å². The predicted molar refractivity (Wildman–Crippen MR) is 153 cm³/mol. The molecule has 0 bridgehead atoms. The van der Waals surface area contributed by atoms with Crippen LogP contribution in [-0.2, 0) is 4.79 Å². The van der Waals surface area contributed by atoms with Crippen LogP contribution in [0.2, 0.25) is 10.0 Å². The summed E-state index contributed by atoms with van der Waals surface area (Å²) < 4.78 is 0. The summed E-state index contributed by atoms with van der Waals surface area (Å²) in [6.45, 7) is 4.30. The Balaban J connectivity index is 1.53. The second kappa shape index (κ2) is 12.3. The Morgan fingerprint density at radius 1 is 1.05 bits per heavy atom. The van der Waals surface area contributed by atoms with Gasteiger partial charge in [0.05, 0.1) is 11.6 Å². The van der Waals surface area contributed by atoms with E-state index < -0.39 is 0 Å². The highest BCUT2D eigenvalue weighted by molar-refractivity contribution is 6.35. The lowest BCUT2D eigenvalue weighted by molar-refractivity contribution is -0.129. The number of rotatable bonds is 7. The topological polar surface area (TPSA) is 79.7 Å². The van der Waals surface area contributed by atoms with E-state index in [4.69, 9.17) is 23.2 Å². The molecule has 0 aromatic heterocycles. The maximum atomic E-state index is 13.5. The van der Waals surface area contributed by atoms with Crippen molar-refractivity contribution in [2.75, 3.05) is 43.4 Å². The first-order valence-corrected chi connectivity index (χ1v) is 13.1. The number of hydrogen-bond donors (Lipinski definition) is 1. The van der Waals surface area contributed by atoms with Gasteiger partial charge in [-0.25, -0.2) is 4.79 Å². The number of benzene rings is 3. The summed E-state index contributed by atoms with van der Waals surface area (Å²) in [7, 11) is 1.83. The predicted octanol–water partition coefficient (Wildman–Crippen LogP) is 6.12. The fraction of sp³-hybridized carbons (Fsp3) is 0.276. The lowest BCUT2D eigenvalue weighted by Crippen LogP contribution is -2.42. The lowest BCUT2D eigenvalue weighted by Gasteiger charge is -2.27. The molecule has 0 saturated carbocycles. The molecule has 1 atom stereocenters. The number of carbonyl (C=O) groups excluding carboxylic acids is 2. The smallest absolute Gasteiger partial charge is 0.326 e. The normalized spacial score (nSPS) is 15.1. The van der Waals surface area contributed by atoms with Crippen molar-refractivity contribution in [3.05, 3.63) is 82.3 Å². The number of likely N-dealkylation sites (tertiary alicyclic amines) is 1. The van der Waals surface area contributed by atoms with Gasteiger partial charge < -0.3 is 10.2 Å². The Morgan fingerprint density at radius 2 is 1.76 bits per heavy atom. The first kappa shape index (κ1) is 27.5. The van der Waals surface area contributed by atoms with Gasteiger partial charge in [0.2, 0.25) is 5.91 Å². The van der Waals surface area contributed by atoms with E-state index in [-0.39, 0.29) is 18.0 Å². The van der Waals surface area contributed by atoms with Crippen molar-refractivity contribution in [2.24, 2.45) is 0 Å². The first-order valence-electron chi connectivity index (χ1n) is 12.3. The van der Waals surface area contributed by atoms with Gasteiger partial charge in [-0.3, -0.25) is 14.6 Å². The highest BCUT2D eigenvalue weighted by atomic mass is 35.5. The molecule has 3 aromatic rings. The molecule has 196 valence electrons. The standard InChI is InChI=1S/C29H29Cl2N5O2/c1-20(37)34(2)28-10-11-35(19-28)12-13-36(29(38)33-26-16-24(30)15-25(31)17-26)27-8-6-22(7-9-27)23-5-3-4-21(14-23)18-32/h3-9,14-17,28H,10-13,19H2,1-2H3,(H,33,38). The van der Waals surface area contributed by atoms with Crippen LogP contribution < -0.4 is 10.2 Å². The van der Waals surface area contributed by atoms with Crippen LogP contribution >= 0.6 is 23.2 Å². The Hall–Kier alpha value is -3.57. The van der Waals surface area contributed by atoms with Gasteiger partial charge in [-0.05, 0) is 60.0 Å². The fourth-order valence-corrected chi connectivity index (χ4v) is 5.12. The summed E-state index contributed by atoms with van der Waals surface area (Å²) in [6.07, 6.45) is 0.903. The number of nitriles is 1. The molecule has 1 saturated heterocycles. The van der Waals surface area contributed by atoms with Gasteiger partial charge in [-0.2, -0.15) is 5.26 Å². The minimum absolute atomic E-state index is 0.0541. The van der Waals surface area contributed by atoms with E-state index in [1.807, 2.05) is 49.5 Å². The average Bonchev–Trinajstić information content (AvgIpc) is 3.37. The van der Waals surface area contributed by atoms with Gasteiger partial charge in [-0.15, -0.1) is 0 Å². The maximum Gasteiger partial charge on any atom is 0.326 e. The Kier molecular flexibility index (Phi) is 8.90. The molecule has 0 aliphatic carbocycles. The third-order valence-electron chi connectivity index (χ3n) is 6.79. The maximum absolute atomic E-state index is 13.5. The number of carbonyl (C=O) groups is 2. The summed E-state index contributed by atoms with van der Waals surface area (Å²) in [5.74, 6) is 0.0541. The van der Waals surface area contributed by atoms with Crippen molar-refractivity contribution in [1.82, 2.24) is 9.80 Å². The third kappa shape index (κ3) is 6.84. The number of anilines is 2. The van der Waals surface area contributed by atoms with Crippen LogP contribution in [0.3, 0.4) is 0 Å². The van der Waals surface area contributed by atoms with Gasteiger partial charge in [0.25, 0.3) is 0 Å². The van der Waals surface area contributed by atoms with E-state index in [0.29, 0.717) is 34.4 Å². The lowest BCUT2D eigenvalue weighted by atomic mass is 10.0. The zero-order valence-electron chi connectivity index (χ0n) is 21.3. The SMILES string of the molecule is CC(=O)N(C)C1CCN(CCN(C(=O)Nc2cc(Cl)cc(Cl)c2)c2ccc(-c3cccc(C#N)c3)cc2)C1. The van der Waals surface area contributed by atoms with Crippen LogP contribution in [0, 0.1) is 11.3 Å². The Bertz CT molecular complexity index is 1340. The molecular formula is C29H29Cl2N5O2. The quantitative estimate of drug-likeness (QED) is 0.384. The van der Waals surface area contributed by atoms with E-state index in [1.54, 1.807) is 41.0 Å². The van der Waals surface area contributed by atoms with Crippen LogP contribution in [0.15, 0.2) is 66.7 Å². The number of urea groups is 1. The zero-order chi connectivity index (χ0) is 27.2. The number of halogens is 2. The molecule has 1 heterocycles. The Morgan fingerprint density at radius 3 is 2.42 bits per heavy atom. The summed E-state index contributed by atoms with van der Waals surface area (Å²) >= 11 is 12.3. The van der Waals surface area contributed by atoms with Crippen molar-refractivity contribution in [3.8, 4) is 17.2 Å². The number of nitrogens with one attached hydrogen (secondary N) is 1. The van der Waals surface area contributed by atoms with Crippen molar-refractivity contribution >= 4 is 46.5 Å². The van der Waals surface area contributed by atoms with Gasteiger partial charge in [0, 0.05) is 67.6 Å². The molecular weight excluding hydrogens is 521 g/mol. The second-order valence-electron chi connectivity index (χ2n) is 9.35. The summed E-state index contributed by atoms with van der Waals surface area (Å²) in [5, 5.41) is 13.0. The van der Waals surface area contributed by atoms with Gasteiger partial charge >= 0.3 is 6.03 Å². The average molecular weight is 550 g/mol. The molecule has 1 unspecified atom stereocenters. The van der Waals surface area contributed by atoms with Crippen LogP contribution in [0.25, 0.3) is 11.1 Å². The first-order chi connectivity index (χ1) is 18.2. The van der Waals surface area contributed by atoms with Crippen LogP contribution in [-0.4, -0.2) is 61.0 Å². The van der Waals surface area contributed by atoms with E-state index in [2.05, 4.69) is 16.3 Å². The third-order valence-corrected chi connectivity index (χ3v) is 7.23. The van der Waals surface area contributed by atoms with Crippen molar-refractivity contribution in [2.45, 2.75) is 19.4 Å². The minimum atomic E-state index is -0.306. The van der Waals surface area contributed by atoms with Crippen LogP contribution in [0.4, 0.5) is 16.2 Å². The van der Waals surface area contributed by atoms with Gasteiger partial charge in [0.15, 0.2) is 0 Å². The molecule has 3 aromatic carbocycles. The van der Waals surface area contributed by atoms with Crippen LogP contribution in [0.1, 0.15) is 18.9 Å². The van der Waals surface area contributed by atoms with E-state index in [1.165, 1.54) is 0 Å². The molecule has 7 nitrogen and oxygen atoms in total. The van der Waals surface area contributed by atoms with Crippen molar-refractivity contribution in [1.29, 1.82) is 5.26 Å². The highest BCUT2D eigenvalue weighted by Gasteiger charge is 2.28. The molecule has 1 fully saturated rings. The number of likely N-dealkylation sites (N-methyl/N-ethyl adjacent to an activating group) is 1. The number of nitrogens with zero attached hydrogens (tertiary/aromatic N) is 4. The number of hydrogen-bond acceptors (Lipinski definition) is 4. The van der Waals surface area contributed by atoms with Crippen LogP contribution in [0.5, 0.6) is 0 Å². The number of amides is 3. The second-order valence-corrected chi connectivity index (χ2v) is 10.2. The molecule has 1 aliphatic rings. The summed E-state index contributed by atoms with van der Waals surface area (Å²) in [6, 6.07) is 22.0. The van der Waals surface area contributed by atoms with E-state index >= 15 is 0 Å². The molecule has 4 rings (SSSR count). The van der Waals surface area contributed by atoms with Gasteiger partial charge in [-0.1, -0.05) is 47.5 Å². The fourth-order valence-electron chi connectivity index (χ4n) is 4.60. The largest absolute Gasteiger partial charge is 0.342 e.